The Morgan fingerprint density at radius 1 is 1.16 bits per heavy atom. The summed E-state index contributed by atoms with van der Waals surface area (Å²) < 4.78 is 40.9. The molecule has 0 aliphatic carbocycles. The molecule has 5 aromatic rings. The van der Waals surface area contributed by atoms with Crippen molar-refractivity contribution in [3.05, 3.63) is 69.7 Å². The van der Waals surface area contributed by atoms with E-state index in [1.807, 2.05) is 0 Å². The van der Waals surface area contributed by atoms with Crippen LogP contribution in [0.15, 0.2) is 52.0 Å². The molecule has 0 saturated heterocycles. The van der Waals surface area contributed by atoms with E-state index in [2.05, 4.69) is 15.1 Å². The number of hydrogen-bond donors (Lipinski definition) is 0. The molecule has 5 rings (SSSR count). The van der Waals surface area contributed by atoms with Gasteiger partial charge in [0.1, 0.15) is 23.5 Å². The Balaban J connectivity index is 1.72. The van der Waals surface area contributed by atoms with Gasteiger partial charge in [0.05, 0.1) is 23.2 Å². The van der Waals surface area contributed by atoms with E-state index in [-0.39, 0.29) is 40.6 Å². The van der Waals surface area contributed by atoms with Crippen LogP contribution in [-0.4, -0.2) is 37.8 Å². The molecular weight excluding hydrogens is 444 g/mol. The Hall–Kier alpha value is -3.63. The summed E-state index contributed by atoms with van der Waals surface area (Å²) in [6, 6.07) is 8.19. The van der Waals surface area contributed by atoms with Crippen LogP contribution < -0.4 is 5.56 Å². The second-order valence-corrected chi connectivity index (χ2v) is 7.38. The number of fused-ring (bicyclic) bond motifs is 3. The summed E-state index contributed by atoms with van der Waals surface area (Å²) in [6.07, 6.45) is 1.46. The summed E-state index contributed by atoms with van der Waals surface area (Å²) in [5.41, 5.74) is 1.23. The maximum absolute atomic E-state index is 14.1. The molecule has 11 heteroatoms. The van der Waals surface area contributed by atoms with Crippen LogP contribution in [0.3, 0.4) is 0 Å². The van der Waals surface area contributed by atoms with E-state index in [0.29, 0.717) is 22.7 Å². The molecule has 0 atom stereocenters. The number of aromatic nitrogens is 5. The number of ether oxygens (including phenoxy) is 1. The highest BCUT2D eigenvalue weighted by atomic mass is 35.5. The van der Waals surface area contributed by atoms with Crippen molar-refractivity contribution < 1.29 is 18.0 Å². The van der Waals surface area contributed by atoms with Crippen LogP contribution in [0, 0.1) is 11.6 Å². The summed E-state index contributed by atoms with van der Waals surface area (Å²) in [5, 5.41) is 4.25. The summed E-state index contributed by atoms with van der Waals surface area (Å²) >= 11 is 6.15. The third-order valence-corrected chi connectivity index (χ3v) is 5.26. The monoisotopic (exact) mass is 457 g/mol. The van der Waals surface area contributed by atoms with Gasteiger partial charge in [-0.05, 0) is 30.3 Å². The van der Waals surface area contributed by atoms with Gasteiger partial charge < -0.3 is 13.8 Å². The lowest BCUT2D eigenvalue weighted by Gasteiger charge is -2.12. The van der Waals surface area contributed by atoms with Gasteiger partial charge in [-0.25, -0.2) is 13.8 Å². The molecule has 0 amide bonds. The Morgan fingerprint density at radius 3 is 2.78 bits per heavy atom. The predicted molar refractivity (Wildman–Crippen MR) is 112 cm³/mol. The SMILES string of the molecule is COCCn1c(=O)c2c(-c3nc(-c4ccc(F)cc4F)no3)ncn2c2ccc(Cl)cc21. The number of hydrogen-bond acceptors (Lipinski definition) is 6. The molecule has 162 valence electrons. The molecule has 3 aromatic heterocycles. The molecule has 0 aliphatic heterocycles. The fourth-order valence-corrected chi connectivity index (χ4v) is 3.72. The molecule has 0 saturated carbocycles. The smallest absolute Gasteiger partial charge is 0.279 e. The second kappa shape index (κ2) is 7.81. The molecule has 0 spiro atoms. The van der Waals surface area contributed by atoms with Gasteiger partial charge >= 0.3 is 0 Å². The minimum absolute atomic E-state index is 0.0393. The van der Waals surface area contributed by atoms with Gasteiger partial charge in [-0.15, -0.1) is 0 Å². The number of rotatable bonds is 5. The number of methoxy groups -OCH3 is 1. The van der Waals surface area contributed by atoms with Crippen molar-refractivity contribution in [3.63, 3.8) is 0 Å². The quantitative estimate of drug-likeness (QED) is 0.397. The largest absolute Gasteiger partial charge is 0.383 e. The summed E-state index contributed by atoms with van der Waals surface area (Å²) in [5.74, 6) is -1.73. The lowest BCUT2D eigenvalue weighted by molar-refractivity contribution is 0.187. The standard InChI is InChI=1S/C21H14ClF2N5O3/c1-31-7-6-28-16-8-11(22)2-5-15(16)29-10-25-17(18(29)21(28)30)20-26-19(27-32-20)13-4-3-12(23)9-14(13)24/h2-5,8-10H,6-7H2,1H3. The van der Waals surface area contributed by atoms with E-state index in [1.165, 1.54) is 24.1 Å². The summed E-state index contributed by atoms with van der Waals surface area (Å²) in [7, 11) is 1.54. The normalized spacial score (nSPS) is 11.6. The van der Waals surface area contributed by atoms with Crippen molar-refractivity contribution in [2.45, 2.75) is 6.54 Å². The van der Waals surface area contributed by atoms with Crippen LogP contribution in [0.25, 0.3) is 39.5 Å². The topological polar surface area (TPSA) is 87.5 Å². The van der Waals surface area contributed by atoms with Crippen molar-refractivity contribution in [2.75, 3.05) is 13.7 Å². The Labute approximate surface area is 183 Å². The first-order valence-electron chi connectivity index (χ1n) is 9.45. The molecule has 2 aromatic carbocycles. The first-order valence-corrected chi connectivity index (χ1v) is 9.83. The zero-order valence-electron chi connectivity index (χ0n) is 16.6. The highest BCUT2D eigenvalue weighted by Crippen LogP contribution is 2.27. The lowest BCUT2D eigenvalue weighted by Crippen LogP contribution is -2.25. The van der Waals surface area contributed by atoms with Crippen LogP contribution >= 0.6 is 11.6 Å². The molecule has 0 aliphatic rings. The molecular formula is C21H14ClF2N5O3. The molecule has 0 unspecified atom stereocenters. The minimum Gasteiger partial charge on any atom is -0.383 e. The minimum atomic E-state index is -0.836. The van der Waals surface area contributed by atoms with Crippen molar-refractivity contribution in [2.24, 2.45) is 0 Å². The molecule has 0 fully saturated rings. The van der Waals surface area contributed by atoms with Crippen LogP contribution in [0.5, 0.6) is 0 Å². The molecule has 8 nitrogen and oxygen atoms in total. The number of nitrogens with zero attached hydrogens (tertiary/aromatic N) is 5. The fraction of sp³-hybridized carbons (Fsp3) is 0.143. The van der Waals surface area contributed by atoms with Gasteiger partial charge in [0.25, 0.3) is 11.4 Å². The van der Waals surface area contributed by atoms with E-state index in [4.69, 9.17) is 20.9 Å². The lowest BCUT2D eigenvalue weighted by atomic mass is 10.2. The van der Waals surface area contributed by atoms with Gasteiger partial charge in [0.2, 0.25) is 5.82 Å². The maximum atomic E-state index is 14.1. The maximum Gasteiger partial charge on any atom is 0.279 e. The zero-order chi connectivity index (χ0) is 22.4. The first-order chi connectivity index (χ1) is 15.5. The summed E-state index contributed by atoms with van der Waals surface area (Å²) in [6.45, 7) is 0.582. The van der Waals surface area contributed by atoms with E-state index in [9.17, 15) is 13.6 Å². The van der Waals surface area contributed by atoms with Crippen LogP contribution in [0.4, 0.5) is 8.78 Å². The van der Waals surface area contributed by atoms with Crippen LogP contribution in [0.2, 0.25) is 5.02 Å². The number of imidazole rings is 1. The Morgan fingerprint density at radius 2 is 2.00 bits per heavy atom. The average Bonchev–Trinajstić information content (AvgIpc) is 3.41. The van der Waals surface area contributed by atoms with Crippen molar-refractivity contribution in [3.8, 4) is 23.0 Å². The van der Waals surface area contributed by atoms with E-state index in [0.717, 1.165) is 12.1 Å². The zero-order valence-corrected chi connectivity index (χ0v) is 17.3. The van der Waals surface area contributed by atoms with Gasteiger partial charge in [-0.3, -0.25) is 9.20 Å². The van der Waals surface area contributed by atoms with Crippen molar-refractivity contribution >= 4 is 28.2 Å². The van der Waals surface area contributed by atoms with Gasteiger partial charge in [-0.2, -0.15) is 4.98 Å². The Kier molecular flexibility index (Phi) is 4.95. The summed E-state index contributed by atoms with van der Waals surface area (Å²) in [4.78, 5) is 21.9. The van der Waals surface area contributed by atoms with E-state index in [1.54, 1.807) is 22.6 Å². The number of benzene rings is 2. The third kappa shape index (κ3) is 3.24. The fourth-order valence-electron chi connectivity index (χ4n) is 3.55. The molecule has 0 radical (unpaired) electrons. The van der Waals surface area contributed by atoms with Crippen LogP contribution in [-0.2, 0) is 11.3 Å². The number of halogens is 3. The van der Waals surface area contributed by atoms with Gasteiger partial charge in [0.15, 0.2) is 5.69 Å². The third-order valence-electron chi connectivity index (χ3n) is 5.02. The highest BCUT2D eigenvalue weighted by molar-refractivity contribution is 6.31. The molecule has 3 heterocycles. The predicted octanol–water partition coefficient (Wildman–Crippen LogP) is 3.94. The Bertz CT molecular complexity index is 1540. The van der Waals surface area contributed by atoms with Crippen molar-refractivity contribution in [1.29, 1.82) is 0 Å². The van der Waals surface area contributed by atoms with Crippen LogP contribution in [0.1, 0.15) is 0 Å². The second-order valence-electron chi connectivity index (χ2n) is 6.94. The average molecular weight is 458 g/mol. The molecule has 0 N–H and O–H groups in total. The molecule has 32 heavy (non-hydrogen) atoms. The first kappa shape index (κ1) is 20.3. The van der Waals surface area contributed by atoms with Gasteiger partial charge in [0, 0.05) is 24.7 Å². The highest BCUT2D eigenvalue weighted by Gasteiger charge is 2.22. The van der Waals surface area contributed by atoms with E-state index >= 15 is 0 Å². The van der Waals surface area contributed by atoms with E-state index < -0.39 is 11.6 Å². The molecule has 0 bridgehead atoms. The van der Waals surface area contributed by atoms with Crippen molar-refractivity contribution in [1.82, 2.24) is 24.1 Å². The van der Waals surface area contributed by atoms with Gasteiger partial charge in [-0.1, -0.05) is 16.8 Å².